The lowest BCUT2D eigenvalue weighted by molar-refractivity contribution is 0.252. The van der Waals surface area contributed by atoms with Crippen molar-refractivity contribution in [3.05, 3.63) is 48.5 Å². The van der Waals surface area contributed by atoms with Crippen LogP contribution < -0.4 is 14.8 Å². The Hall–Kier alpha value is -2.05. The van der Waals surface area contributed by atoms with Gasteiger partial charge in [0.25, 0.3) is 0 Å². The van der Waals surface area contributed by atoms with Crippen molar-refractivity contribution < 1.29 is 14.1 Å². The van der Waals surface area contributed by atoms with Crippen molar-refractivity contribution in [2.75, 3.05) is 17.7 Å². The van der Waals surface area contributed by atoms with E-state index >= 15 is 0 Å². The maximum Gasteiger partial charge on any atom is 0.319 e. The summed E-state index contributed by atoms with van der Waals surface area (Å²) in [5.41, 5.74) is 0.674. The third-order valence-electron chi connectivity index (χ3n) is 2.76. The summed E-state index contributed by atoms with van der Waals surface area (Å²) in [6.07, 6.45) is 0.728. The topological polar surface area (TPSA) is 70.6 Å². The van der Waals surface area contributed by atoms with Gasteiger partial charge in [0.1, 0.15) is 11.5 Å². The van der Waals surface area contributed by atoms with Gasteiger partial charge in [0.15, 0.2) is 0 Å². The standard InChI is InChI=1S/C16H17ClN2O3S/c17-9-2-10-18-16(21)19-12-3-1-4-15(11-12)23-22-14-7-5-13(20)6-8-14/h1,3-8,11,20H,2,9-10H2,(H2,18,19,21). The van der Waals surface area contributed by atoms with Gasteiger partial charge in [-0.25, -0.2) is 4.79 Å². The van der Waals surface area contributed by atoms with Crippen LogP contribution >= 0.6 is 23.6 Å². The largest absolute Gasteiger partial charge is 0.508 e. The third kappa shape index (κ3) is 6.30. The van der Waals surface area contributed by atoms with Crippen molar-refractivity contribution >= 4 is 35.4 Å². The molecule has 0 fully saturated rings. The summed E-state index contributed by atoms with van der Waals surface area (Å²) in [5.74, 6) is 1.33. The van der Waals surface area contributed by atoms with Crippen LogP contribution in [0.4, 0.5) is 10.5 Å². The van der Waals surface area contributed by atoms with Crippen LogP contribution in [-0.4, -0.2) is 23.6 Å². The first-order valence-corrected chi connectivity index (χ1v) is 8.29. The second kappa shape index (κ2) is 9.17. The van der Waals surface area contributed by atoms with E-state index < -0.39 is 0 Å². The zero-order chi connectivity index (χ0) is 16.5. The molecule has 0 unspecified atom stereocenters. The van der Waals surface area contributed by atoms with Gasteiger partial charge in [-0.1, -0.05) is 6.07 Å². The van der Waals surface area contributed by atoms with Crippen LogP contribution in [0.1, 0.15) is 6.42 Å². The minimum atomic E-state index is -0.267. The molecule has 0 aliphatic rings. The highest BCUT2D eigenvalue weighted by Gasteiger charge is 2.03. The minimum absolute atomic E-state index is 0.189. The lowest BCUT2D eigenvalue weighted by atomic mass is 10.3. The molecule has 2 aromatic carbocycles. The number of rotatable bonds is 7. The predicted molar refractivity (Wildman–Crippen MR) is 93.4 cm³/mol. The van der Waals surface area contributed by atoms with Gasteiger partial charge in [0, 0.05) is 23.0 Å². The van der Waals surface area contributed by atoms with Gasteiger partial charge < -0.3 is 19.9 Å². The van der Waals surface area contributed by atoms with E-state index in [1.165, 1.54) is 12.0 Å². The first-order valence-electron chi connectivity index (χ1n) is 7.02. The number of carbonyl (C=O) groups excluding carboxylic acids is 1. The summed E-state index contributed by atoms with van der Waals surface area (Å²) < 4.78 is 5.55. The Bertz CT molecular complexity index is 637. The Balaban J connectivity index is 1.86. The van der Waals surface area contributed by atoms with Gasteiger partial charge >= 0.3 is 6.03 Å². The summed E-state index contributed by atoms with van der Waals surface area (Å²) in [5, 5.41) is 14.7. The van der Waals surface area contributed by atoms with Gasteiger partial charge in [-0.3, -0.25) is 0 Å². The Kier molecular flexibility index (Phi) is 6.90. The Morgan fingerprint density at radius 2 is 2.00 bits per heavy atom. The molecule has 0 aliphatic carbocycles. The number of benzene rings is 2. The van der Waals surface area contributed by atoms with Gasteiger partial charge in [0.2, 0.25) is 0 Å². The molecule has 3 N–H and O–H groups in total. The van der Waals surface area contributed by atoms with Crippen LogP contribution in [0.5, 0.6) is 11.5 Å². The quantitative estimate of drug-likeness (QED) is 0.396. The number of phenols is 1. The second-order valence-corrected chi connectivity index (χ2v) is 5.79. The van der Waals surface area contributed by atoms with E-state index in [2.05, 4.69) is 10.6 Å². The maximum atomic E-state index is 11.7. The molecule has 2 aromatic rings. The molecule has 0 heterocycles. The van der Waals surface area contributed by atoms with Gasteiger partial charge in [-0.2, -0.15) is 0 Å². The lowest BCUT2D eigenvalue weighted by Crippen LogP contribution is -2.29. The van der Waals surface area contributed by atoms with E-state index in [1.54, 1.807) is 30.3 Å². The fourth-order valence-electron chi connectivity index (χ4n) is 1.67. The number of carbonyl (C=O) groups is 1. The highest BCUT2D eigenvalue weighted by atomic mass is 35.5. The molecule has 2 amide bonds. The first-order chi connectivity index (χ1) is 11.2. The molecular weight excluding hydrogens is 336 g/mol. The fourth-order valence-corrected chi connectivity index (χ4v) is 2.41. The number of aromatic hydroxyl groups is 1. The van der Waals surface area contributed by atoms with Crippen LogP contribution in [0.25, 0.3) is 0 Å². The third-order valence-corrected chi connectivity index (χ3v) is 3.75. The highest BCUT2D eigenvalue weighted by Crippen LogP contribution is 2.26. The van der Waals surface area contributed by atoms with E-state index in [1.807, 2.05) is 18.2 Å². The minimum Gasteiger partial charge on any atom is -0.508 e. The molecule has 7 heteroatoms. The number of nitrogens with one attached hydrogen (secondary N) is 2. The normalized spacial score (nSPS) is 10.1. The number of hydrogen-bond donors (Lipinski definition) is 3. The molecule has 5 nitrogen and oxygen atoms in total. The number of urea groups is 1. The maximum absolute atomic E-state index is 11.7. The van der Waals surface area contributed by atoms with Crippen molar-refractivity contribution in [3.63, 3.8) is 0 Å². The summed E-state index contributed by atoms with van der Waals surface area (Å²) in [6.45, 7) is 0.535. The van der Waals surface area contributed by atoms with Crippen molar-refractivity contribution in [3.8, 4) is 11.5 Å². The van der Waals surface area contributed by atoms with Crippen molar-refractivity contribution in [1.82, 2.24) is 5.32 Å². The van der Waals surface area contributed by atoms with E-state index in [4.69, 9.17) is 15.8 Å². The van der Waals surface area contributed by atoms with Crippen LogP contribution in [0.15, 0.2) is 53.4 Å². The van der Waals surface area contributed by atoms with Gasteiger partial charge in [-0.05, 0) is 48.9 Å². The molecule has 0 saturated carbocycles. The number of anilines is 1. The molecule has 2 rings (SSSR count). The van der Waals surface area contributed by atoms with E-state index in [9.17, 15) is 9.90 Å². The molecule has 0 saturated heterocycles. The summed E-state index contributed by atoms with van der Waals surface area (Å²) >= 11 is 6.73. The lowest BCUT2D eigenvalue weighted by Gasteiger charge is -2.08. The number of phenolic OH excluding ortho intramolecular Hbond substituents is 1. The van der Waals surface area contributed by atoms with Crippen molar-refractivity contribution in [2.45, 2.75) is 11.3 Å². The van der Waals surface area contributed by atoms with E-state index in [0.717, 1.165) is 11.3 Å². The Labute approximate surface area is 144 Å². The Morgan fingerprint density at radius 1 is 1.22 bits per heavy atom. The highest BCUT2D eigenvalue weighted by molar-refractivity contribution is 7.95. The number of halogens is 1. The summed E-state index contributed by atoms with van der Waals surface area (Å²) in [7, 11) is 0. The SMILES string of the molecule is O=C(NCCCCl)Nc1cccc(SOc2ccc(O)cc2)c1. The fraction of sp³-hybridized carbons (Fsp3) is 0.188. The second-order valence-electron chi connectivity index (χ2n) is 4.61. The van der Waals surface area contributed by atoms with Gasteiger partial charge in [0.05, 0.1) is 12.0 Å². The molecular formula is C16H17ClN2O3S. The van der Waals surface area contributed by atoms with Crippen molar-refractivity contribution in [2.24, 2.45) is 0 Å². The average Bonchev–Trinajstić information content (AvgIpc) is 2.55. The van der Waals surface area contributed by atoms with Crippen LogP contribution in [0, 0.1) is 0 Å². The Morgan fingerprint density at radius 3 is 2.74 bits per heavy atom. The zero-order valence-corrected chi connectivity index (χ0v) is 13.9. The molecule has 0 spiro atoms. The summed E-state index contributed by atoms with van der Waals surface area (Å²) in [4.78, 5) is 12.5. The molecule has 23 heavy (non-hydrogen) atoms. The number of amides is 2. The molecule has 0 aromatic heterocycles. The predicted octanol–water partition coefficient (Wildman–Crippen LogP) is 4.23. The smallest absolute Gasteiger partial charge is 0.319 e. The molecule has 0 bridgehead atoms. The van der Waals surface area contributed by atoms with Gasteiger partial charge in [-0.15, -0.1) is 11.6 Å². The number of alkyl halides is 1. The molecule has 0 radical (unpaired) electrons. The van der Waals surface area contributed by atoms with Crippen LogP contribution in [0.2, 0.25) is 0 Å². The first kappa shape index (κ1) is 17.3. The molecule has 0 atom stereocenters. The molecule has 0 aliphatic heterocycles. The monoisotopic (exact) mass is 352 g/mol. The van der Waals surface area contributed by atoms with Crippen molar-refractivity contribution in [1.29, 1.82) is 0 Å². The van der Waals surface area contributed by atoms with E-state index in [0.29, 0.717) is 23.9 Å². The van der Waals surface area contributed by atoms with E-state index in [-0.39, 0.29) is 11.8 Å². The average molecular weight is 353 g/mol. The number of hydrogen-bond acceptors (Lipinski definition) is 4. The van der Waals surface area contributed by atoms with Crippen LogP contribution in [-0.2, 0) is 0 Å². The zero-order valence-electron chi connectivity index (χ0n) is 12.3. The summed E-state index contributed by atoms with van der Waals surface area (Å²) in [6, 6.07) is 13.5. The van der Waals surface area contributed by atoms with Crippen LogP contribution in [0.3, 0.4) is 0 Å². The molecule has 122 valence electrons.